The molecule has 1 unspecified atom stereocenters. The first-order chi connectivity index (χ1) is 13.2. The van der Waals surface area contributed by atoms with Gasteiger partial charge >= 0.3 is 0 Å². The number of likely N-dealkylation sites (N-methyl/N-ethyl adjacent to an activating group) is 1. The maximum absolute atomic E-state index is 12.9. The van der Waals surface area contributed by atoms with Crippen molar-refractivity contribution >= 4 is 16.8 Å². The number of rotatable bonds is 8. The lowest BCUT2D eigenvalue weighted by Gasteiger charge is -2.14. The van der Waals surface area contributed by atoms with E-state index >= 15 is 0 Å². The number of para-hydroxylation sites is 1. The summed E-state index contributed by atoms with van der Waals surface area (Å²) in [5, 5.41) is 3.95. The zero-order chi connectivity index (χ0) is 19.1. The van der Waals surface area contributed by atoms with Gasteiger partial charge in [0.15, 0.2) is 0 Å². The number of unbranched alkanes of at least 4 members (excludes halogenated alkanes) is 1. The van der Waals surface area contributed by atoms with Crippen LogP contribution in [-0.2, 0) is 0 Å². The van der Waals surface area contributed by atoms with Crippen LogP contribution in [0.3, 0.4) is 0 Å². The molecule has 0 saturated heterocycles. The first-order valence-electron chi connectivity index (χ1n) is 9.58. The van der Waals surface area contributed by atoms with E-state index in [9.17, 15) is 4.79 Å². The molecule has 2 N–H and O–H groups in total. The Hall–Kier alpha value is -2.79. The van der Waals surface area contributed by atoms with Gasteiger partial charge < -0.3 is 10.2 Å². The SMILES string of the molecule is CCCC[NH+](C)CCNC(=O)c1cc(-c2ccncc2)nc2ccccc12. The van der Waals surface area contributed by atoms with E-state index < -0.39 is 0 Å². The summed E-state index contributed by atoms with van der Waals surface area (Å²) in [5.74, 6) is -0.0489. The highest BCUT2D eigenvalue weighted by molar-refractivity contribution is 6.07. The number of aromatic nitrogens is 2. The Bertz CT molecular complexity index is 895. The summed E-state index contributed by atoms with van der Waals surface area (Å²) >= 11 is 0. The number of benzene rings is 1. The van der Waals surface area contributed by atoms with Crippen LogP contribution in [0.1, 0.15) is 30.1 Å². The lowest BCUT2D eigenvalue weighted by Crippen LogP contribution is -3.09. The largest absolute Gasteiger partial charge is 0.346 e. The molecule has 2 heterocycles. The molecule has 0 saturated carbocycles. The number of pyridine rings is 2. The molecule has 0 aliphatic heterocycles. The van der Waals surface area contributed by atoms with Crippen molar-refractivity contribution in [2.24, 2.45) is 0 Å². The molecule has 1 atom stereocenters. The number of nitrogens with one attached hydrogen (secondary N) is 2. The third-order valence-corrected chi connectivity index (χ3v) is 4.73. The Labute approximate surface area is 160 Å². The highest BCUT2D eigenvalue weighted by Gasteiger charge is 2.14. The van der Waals surface area contributed by atoms with E-state index in [0.29, 0.717) is 12.1 Å². The zero-order valence-electron chi connectivity index (χ0n) is 16.0. The van der Waals surface area contributed by atoms with Gasteiger partial charge in [0.25, 0.3) is 5.91 Å². The van der Waals surface area contributed by atoms with E-state index in [-0.39, 0.29) is 5.91 Å². The predicted octanol–water partition coefficient (Wildman–Crippen LogP) is 2.34. The normalized spacial score (nSPS) is 12.1. The minimum Gasteiger partial charge on any atom is -0.346 e. The Balaban J connectivity index is 1.81. The molecule has 0 bridgehead atoms. The van der Waals surface area contributed by atoms with Gasteiger partial charge in [0.2, 0.25) is 0 Å². The molecule has 5 nitrogen and oxygen atoms in total. The lowest BCUT2D eigenvalue weighted by molar-refractivity contribution is -0.878. The van der Waals surface area contributed by atoms with E-state index in [1.54, 1.807) is 12.4 Å². The summed E-state index contributed by atoms with van der Waals surface area (Å²) in [4.78, 5) is 23.1. The molecule has 0 spiro atoms. The number of carbonyl (C=O) groups is 1. The fraction of sp³-hybridized carbons (Fsp3) is 0.318. The summed E-state index contributed by atoms with van der Waals surface area (Å²) in [7, 11) is 2.17. The molecule has 0 radical (unpaired) electrons. The minimum absolute atomic E-state index is 0.0489. The van der Waals surface area contributed by atoms with Gasteiger partial charge in [-0.1, -0.05) is 31.5 Å². The molecule has 140 valence electrons. The second-order valence-electron chi connectivity index (χ2n) is 6.87. The average Bonchev–Trinajstić information content (AvgIpc) is 2.72. The van der Waals surface area contributed by atoms with Crippen LogP contribution in [0.4, 0.5) is 0 Å². The quantitative estimate of drug-likeness (QED) is 0.646. The van der Waals surface area contributed by atoms with E-state index in [0.717, 1.165) is 35.2 Å². The fourth-order valence-electron chi connectivity index (χ4n) is 3.12. The zero-order valence-corrected chi connectivity index (χ0v) is 16.0. The lowest BCUT2D eigenvalue weighted by atomic mass is 10.0. The van der Waals surface area contributed by atoms with Crippen LogP contribution in [0.15, 0.2) is 54.9 Å². The number of carbonyl (C=O) groups excluding carboxylic acids is 1. The Morgan fingerprint density at radius 3 is 2.67 bits per heavy atom. The van der Waals surface area contributed by atoms with Crippen molar-refractivity contribution in [3.05, 3.63) is 60.4 Å². The van der Waals surface area contributed by atoms with Gasteiger partial charge in [-0.15, -0.1) is 0 Å². The molecule has 2 aromatic heterocycles. The summed E-state index contributed by atoms with van der Waals surface area (Å²) in [6, 6.07) is 13.5. The highest BCUT2D eigenvalue weighted by atomic mass is 16.1. The monoisotopic (exact) mass is 363 g/mol. The van der Waals surface area contributed by atoms with Gasteiger partial charge in [-0.3, -0.25) is 9.78 Å². The first-order valence-corrected chi connectivity index (χ1v) is 9.58. The average molecular weight is 363 g/mol. The van der Waals surface area contributed by atoms with Gasteiger partial charge in [0.1, 0.15) is 0 Å². The predicted molar refractivity (Wildman–Crippen MR) is 109 cm³/mol. The maximum Gasteiger partial charge on any atom is 0.252 e. The van der Waals surface area contributed by atoms with Crippen LogP contribution in [-0.4, -0.2) is 42.6 Å². The van der Waals surface area contributed by atoms with Gasteiger partial charge in [0, 0.05) is 23.3 Å². The Morgan fingerprint density at radius 2 is 1.89 bits per heavy atom. The van der Waals surface area contributed by atoms with Crippen molar-refractivity contribution in [1.82, 2.24) is 15.3 Å². The molecule has 3 aromatic rings. The summed E-state index contributed by atoms with van der Waals surface area (Å²) < 4.78 is 0. The topological polar surface area (TPSA) is 59.3 Å². The van der Waals surface area contributed by atoms with E-state index in [2.05, 4.69) is 24.3 Å². The van der Waals surface area contributed by atoms with Gasteiger partial charge in [-0.25, -0.2) is 4.98 Å². The number of fused-ring (bicyclic) bond motifs is 1. The summed E-state index contributed by atoms with van der Waals surface area (Å²) in [5.41, 5.74) is 3.22. The van der Waals surface area contributed by atoms with Crippen LogP contribution in [0.5, 0.6) is 0 Å². The van der Waals surface area contributed by atoms with Crippen molar-refractivity contribution in [3.8, 4) is 11.3 Å². The van der Waals surface area contributed by atoms with E-state index in [1.807, 2.05) is 42.5 Å². The van der Waals surface area contributed by atoms with Crippen LogP contribution in [0, 0.1) is 0 Å². The van der Waals surface area contributed by atoms with Crippen molar-refractivity contribution in [2.75, 3.05) is 26.7 Å². The third kappa shape index (κ3) is 4.89. The minimum atomic E-state index is -0.0489. The van der Waals surface area contributed by atoms with Gasteiger partial charge in [0.05, 0.1) is 43.5 Å². The third-order valence-electron chi connectivity index (χ3n) is 4.73. The van der Waals surface area contributed by atoms with Crippen LogP contribution < -0.4 is 10.2 Å². The second-order valence-corrected chi connectivity index (χ2v) is 6.87. The standard InChI is InChI=1S/C22H26N4O/c1-3-4-14-26(2)15-13-24-22(27)19-16-21(17-9-11-23-12-10-17)25-20-8-6-5-7-18(19)20/h5-12,16H,3-4,13-15H2,1-2H3,(H,24,27)/p+1. The molecule has 1 amide bonds. The van der Waals surface area contributed by atoms with Crippen molar-refractivity contribution in [2.45, 2.75) is 19.8 Å². The van der Waals surface area contributed by atoms with E-state index in [4.69, 9.17) is 4.98 Å². The van der Waals surface area contributed by atoms with Crippen LogP contribution in [0.2, 0.25) is 0 Å². The highest BCUT2D eigenvalue weighted by Crippen LogP contribution is 2.24. The molecule has 0 aliphatic rings. The maximum atomic E-state index is 12.9. The fourth-order valence-corrected chi connectivity index (χ4v) is 3.12. The number of hydrogen-bond donors (Lipinski definition) is 2. The van der Waals surface area contributed by atoms with Crippen molar-refractivity contribution in [3.63, 3.8) is 0 Å². The van der Waals surface area contributed by atoms with Crippen molar-refractivity contribution in [1.29, 1.82) is 0 Å². The number of nitrogens with zero attached hydrogens (tertiary/aromatic N) is 2. The summed E-state index contributed by atoms with van der Waals surface area (Å²) in [6.07, 6.45) is 5.89. The molecule has 0 fully saturated rings. The molecular weight excluding hydrogens is 336 g/mol. The van der Waals surface area contributed by atoms with E-state index in [1.165, 1.54) is 17.7 Å². The van der Waals surface area contributed by atoms with Gasteiger partial charge in [-0.2, -0.15) is 0 Å². The number of quaternary nitrogens is 1. The molecule has 27 heavy (non-hydrogen) atoms. The molecule has 1 aromatic carbocycles. The molecular formula is C22H27N4O+. The van der Waals surface area contributed by atoms with Gasteiger partial charge in [-0.05, 0) is 30.7 Å². The first kappa shape index (κ1) is 19.0. The smallest absolute Gasteiger partial charge is 0.252 e. The molecule has 3 rings (SSSR count). The van der Waals surface area contributed by atoms with Crippen LogP contribution in [0.25, 0.3) is 22.2 Å². The molecule has 0 aliphatic carbocycles. The van der Waals surface area contributed by atoms with Crippen molar-refractivity contribution < 1.29 is 9.69 Å². The summed E-state index contributed by atoms with van der Waals surface area (Å²) in [6.45, 7) is 4.92. The van der Waals surface area contributed by atoms with Crippen LogP contribution >= 0.6 is 0 Å². The Morgan fingerprint density at radius 1 is 1.11 bits per heavy atom. The number of amides is 1. The molecule has 5 heteroatoms. The second kappa shape index (κ2) is 9.24. The number of hydrogen-bond acceptors (Lipinski definition) is 3. The Kier molecular flexibility index (Phi) is 6.49.